The SMILES string of the molecule is C=C(CCC)COC(=O)OCC(=C)CCC. The lowest BCUT2D eigenvalue weighted by Gasteiger charge is -2.08. The quantitative estimate of drug-likeness (QED) is 0.466. The smallest absolute Gasteiger partial charge is 0.430 e. The van der Waals surface area contributed by atoms with Crippen molar-refractivity contribution >= 4 is 6.16 Å². The fourth-order valence-electron chi connectivity index (χ4n) is 1.22. The predicted molar refractivity (Wildman–Crippen MR) is 65.4 cm³/mol. The topological polar surface area (TPSA) is 35.5 Å². The molecule has 0 saturated heterocycles. The average molecular weight is 226 g/mol. The van der Waals surface area contributed by atoms with Crippen LogP contribution in [-0.4, -0.2) is 19.4 Å². The molecule has 0 aliphatic heterocycles. The number of ether oxygens (including phenoxy) is 2. The van der Waals surface area contributed by atoms with Crippen LogP contribution in [0.5, 0.6) is 0 Å². The Bertz CT molecular complexity index is 220. The maximum absolute atomic E-state index is 11.1. The molecule has 92 valence electrons. The van der Waals surface area contributed by atoms with Crippen molar-refractivity contribution in [3.63, 3.8) is 0 Å². The number of hydrogen-bond acceptors (Lipinski definition) is 3. The largest absolute Gasteiger partial charge is 0.508 e. The lowest BCUT2D eigenvalue weighted by Crippen LogP contribution is -2.11. The van der Waals surface area contributed by atoms with Gasteiger partial charge in [0.05, 0.1) is 0 Å². The van der Waals surface area contributed by atoms with Crippen molar-refractivity contribution in [3.05, 3.63) is 24.3 Å². The van der Waals surface area contributed by atoms with Gasteiger partial charge < -0.3 is 9.47 Å². The molecule has 0 aliphatic rings. The Labute approximate surface area is 98.1 Å². The average Bonchev–Trinajstić information content (AvgIpc) is 2.24. The van der Waals surface area contributed by atoms with Gasteiger partial charge in [0, 0.05) is 0 Å². The van der Waals surface area contributed by atoms with E-state index in [4.69, 9.17) is 9.47 Å². The van der Waals surface area contributed by atoms with E-state index in [0.29, 0.717) is 0 Å². The van der Waals surface area contributed by atoms with Crippen molar-refractivity contribution in [2.45, 2.75) is 39.5 Å². The fourth-order valence-corrected chi connectivity index (χ4v) is 1.22. The van der Waals surface area contributed by atoms with Crippen LogP contribution in [0, 0.1) is 0 Å². The molecule has 0 aliphatic carbocycles. The highest BCUT2D eigenvalue weighted by atomic mass is 16.7. The second-order valence-electron chi connectivity index (χ2n) is 3.83. The van der Waals surface area contributed by atoms with E-state index in [1.807, 2.05) is 0 Å². The Hall–Kier alpha value is -1.25. The van der Waals surface area contributed by atoms with E-state index in [1.165, 1.54) is 0 Å². The Kier molecular flexibility index (Phi) is 8.31. The van der Waals surface area contributed by atoms with E-state index < -0.39 is 6.16 Å². The standard InChI is InChI=1S/C13H22O3/c1-5-7-11(3)9-15-13(14)16-10-12(4)8-6-2/h3-10H2,1-2H3. The van der Waals surface area contributed by atoms with Crippen LogP contribution in [-0.2, 0) is 9.47 Å². The lowest BCUT2D eigenvalue weighted by molar-refractivity contribution is 0.0672. The maximum atomic E-state index is 11.1. The van der Waals surface area contributed by atoms with E-state index in [0.717, 1.165) is 36.8 Å². The molecule has 0 aromatic rings. The van der Waals surface area contributed by atoms with Gasteiger partial charge in [-0.3, -0.25) is 0 Å². The molecule has 0 fully saturated rings. The number of rotatable bonds is 8. The second kappa shape index (κ2) is 9.01. The minimum atomic E-state index is -0.644. The number of hydrogen-bond donors (Lipinski definition) is 0. The second-order valence-corrected chi connectivity index (χ2v) is 3.83. The Morgan fingerprint density at radius 1 is 0.938 bits per heavy atom. The highest BCUT2D eigenvalue weighted by Crippen LogP contribution is 2.05. The molecule has 3 heteroatoms. The predicted octanol–water partition coefficient (Wildman–Crippen LogP) is 3.85. The molecule has 0 bridgehead atoms. The summed E-state index contributed by atoms with van der Waals surface area (Å²) in [4.78, 5) is 11.1. The van der Waals surface area contributed by atoms with Crippen LogP contribution in [0.1, 0.15) is 39.5 Å². The van der Waals surface area contributed by atoms with Crippen LogP contribution >= 0.6 is 0 Å². The summed E-state index contributed by atoms with van der Waals surface area (Å²) in [6.45, 7) is 12.2. The molecule has 0 amide bonds. The summed E-state index contributed by atoms with van der Waals surface area (Å²) in [6, 6.07) is 0. The van der Waals surface area contributed by atoms with Crippen LogP contribution in [0.2, 0.25) is 0 Å². The summed E-state index contributed by atoms with van der Waals surface area (Å²) in [5.41, 5.74) is 1.82. The highest BCUT2D eigenvalue weighted by Gasteiger charge is 2.05. The lowest BCUT2D eigenvalue weighted by atomic mass is 10.2. The van der Waals surface area contributed by atoms with Crippen molar-refractivity contribution in [1.29, 1.82) is 0 Å². The zero-order valence-corrected chi connectivity index (χ0v) is 10.4. The Morgan fingerprint density at radius 3 is 1.62 bits per heavy atom. The molecule has 0 aromatic heterocycles. The third kappa shape index (κ3) is 8.09. The molecule has 0 rings (SSSR count). The number of carbonyl (C=O) groups excluding carboxylic acids is 1. The van der Waals surface area contributed by atoms with E-state index in [2.05, 4.69) is 27.0 Å². The molecule has 0 spiro atoms. The molecular formula is C13H22O3. The monoisotopic (exact) mass is 226 g/mol. The molecule has 0 heterocycles. The zero-order chi connectivity index (χ0) is 12.4. The number of carbonyl (C=O) groups is 1. The third-order valence-corrected chi connectivity index (χ3v) is 2.00. The van der Waals surface area contributed by atoms with Crippen LogP contribution in [0.3, 0.4) is 0 Å². The van der Waals surface area contributed by atoms with Crippen molar-refractivity contribution in [2.75, 3.05) is 13.2 Å². The summed E-state index contributed by atoms with van der Waals surface area (Å²) in [5, 5.41) is 0. The molecule has 0 unspecified atom stereocenters. The van der Waals surface area contributed by atoms with Crippen LogP contribution in [0.15, 0.2) is 24.3 Å². The van der Waals surface area contributed by atoms with Crippen LogP contribution in [0.4, 0.5) is 4.79 Å². The first-order chi connectivity index (χ1) is 7.60. The van der Waals surface area contributed by atoms with E-state index in [9.17, 15) is 4.79 Å². The molecule has 0 atom stereocenters. The summed E-state index contributed by atoms with van der Waals surface area (Å²) >= 11 is 0. The van der Waals surface area contributed by atoms with Crippen molar-refractivity contribution < 1.29 is 14.3 Å². The van der Waals surface area contributed by atoms with Gasteiger partial charge in [0.2, 0.25) is 0 Å². The molecule has 16 heavy (non-hydrogen) atoms. The zero-order valence-electron chi connectivity index (χ0n) is 10.4. The first-order valence-corrected chi connectivity index (χ1v) is 5.73. The van der Waals surface area contributed by atoms with Gasteiger partial charge in [-0.1, -0.05) is 39.8 Å². The Balaban J connectivity index is 3.59. The van der Waals surface area contributed by atoms with Crippen LogP contribution in [0.25, 0.3) is 0 Å². The molecule has 0 aromatic carbocycles. The van der Waals surface area contributed by atoms with Gasteiger partial charge >= 0.3 is 6.16 Å². The summed E-state index contributed by atoms with van der Waals surface area (Å²) in [6.07, 6.45) is 3.11. The molecule has 0 N–H and O–H groups in total. The first kappa shape index (κ1) is 14.8. The van der Waals surface area contributed by atoms with Crippen molar-refractivity contribution in [2.24, 2.45) is 0 Å². The first-order valence-electron chi connectivity index (χ1n) is 5.73. The van der Waals surface area contributed by atoms with Crippen molar-refractivity contribution in [1.82, 2.24) is 0 Å². The summed E-state index contributed by atoms with van der Waals surface area (Å²) in [5.74, 6) is 0. The Morgan fingerprint density at radius 2 is 1.31 bits per heavy atom. The minimum absolute atomic E-state index is 0.243. The van der Waals surface area contributed by atoms with Gasteiger partial charge in [0.1, 0.15) is 13.2 Å². The van der Waals surface area contributed by atoms with Gasteiger partial charge in [0.15, 0.2) is 0 Å². The normalized spacial score (nSPS) is 9.62. The third-order valence-electron chi connectivity index (χ3n) is 2.00. The van der Waals surface area contributed by atoms with E-state index in [1.54, 1.807) is 0 Å². The summed E-state index contributed by atoms with van der Waals surface area (Å²) < 4.78 is 9.77. The van der Waals surface area contributed by atoms with Gasteiger partial charge in [0.25, 0.3) is 0 Å². The minimum Gasteiger partial charge on any atom is -0.430 e. The fraction of sp³-hybridized carbons (Fsp3) is 0.615. The van der Waals surface area contributed by atoms with Gasteiger partial charge in [-0.2, -0.15) is 0 Å². The molecule has 3 nitrogen and oxygen atoms in total. The van der Waals surface area contributed by atoms with Gasteiger partial charge in [-0.15, -0.1) is 0 Å². The molecule has 0 radical (unpaired) electrons. The maximum Gasteiger partial charge on any atom is 0.508 e. The summed E-state index contributed by atoms with van der Waals surface area (Å²) in [7, 11) is 0. The van der Waals surface area contributed by atoms with E-state index in [-0.39, 0.29) is 13.2 Å². The molecular weight excluding hydrogens is 204 g/mol. The van der Waals surface area contributed by atoms with Crippen molar-refractivity contribution in [3.8, 4) is 0 Å². The van der Waals surface area contributed by atoms with Crippen LogP contribution < -0.4 is 0 Å². The van der Waals surface area contributed by atoms with E-state index >= 15 is 0 Å². The molecule has 0 saturated carbocycles. The highest BCUT2D eigenvalue weighted by molar-refractivity contribution is 5.60. The van der Waals surface area contributed by atoms with Gasteiger partial charge in [-0.25, -0.2) is 4.79 Å². The van der Waals surface area contributed by atoms with Gasteiger partial charge in [-0.05, 0) is 24.0 Å².